The van der Waals surface area contributed by atoms with Crippen molar-refractivity contribution in [3.8, 4) is 0 Å². The second kappa shape index (κ2) is 6.26. The first-order valence-electron chi connectivity index (χ1n) is 7.25. The number of hydrogen-bond acceptors (Lipinski definition) is 3. The molecule has 1 aromatic carbocycles. The van der Waals surface area contributed by atoms with Gasteiger partial charge in [-0.25, -0.2) is 0 Å². The molecule has 5 nitrogen and oxygen atoms in total. The first-order valence-corrected chi connectivity index (χ1v) is 7.25. The summed E-state index contributed by atoms with van der Waals surface area (Å²) in [5.74, 6) is -1.13. The van der Waals surface area contributed by atoms with Crippen molar-refractivity contribution < 1.29 is 14.7 Å². The predicted octanol–water partition coefficient (Wildman–Crippen LogP) is 1.44. The van der Waals surface area contributed by atoms with E-state index in [2.05, 4.69) is 0 Å². The second-order valence-electron chi connectivity index (χ2n) is 5.89. The average Bonchev–Trinajstić information content (AvgIpc) is 2.49. The number of amides is 1. The average molecular weight is 290 g/mol. The molecule has 0 bridgehead atoms. The van der Waals surface area contributed by atoms with Crippen LogP contribution in [-0.2, 0) is 9.59 Å². The number of carbonyl (C=O) groups is 2. The number of rotatable bonds is 4. The quantitative estimate of drug-likeness (QED) is 0.879. The van der Waals surface area contributed by atoms with Crippen LogP contribution < -0.4 is 5.73 Å². The fourth-order valence-electron chi connectivity index (χ4n) is 2.72. The molecule has 3 N–H and O–H groups in total. The van der Waals surface area contributed by atoms with Crippen molar-refractivity contribution in [1.29, 1.82) is 0 Å². The number of carbonyl (C=O) groups excluding carboxylic acids is 1. The van der Waals surface area contributed by atoms with E-state index in [0.29, 0.717) is 25.9 Å². The third-order valence-corrected chi connectivity index (χ3v) is 4.43. The van der Waals surface area contributed by atoms with E-state index in [0.717, 1.165) is 5.56 Å². The first-order chi connectivity index (χ1) is 9.98. The van der Waals surface area contributed by atoms with Crippen molar-refractivity contribution in [2.75, 3.05) is 19.6 Å². The van der Waals surface area contributed by atoms with Crippen LogP contribution in [0.5, 0.6) is 0 Å². The van der Waals surface area contributed by atoms with E-state index in [1.54, 1.807) is 11.8 Å². The highest BCUT2D eigenvalue weighted by Crippen LogP contribution is 2.32. The Morgan fingerprint density at radius 2 is 1.86 bits per heavy atom. The van der Waals surface area contributed by atoms with Gasteiger partial charge in [0.25, 0.3) is 0 Å². The highest BCUT2D eigenvalue weighted by Gasteiger charge is 2.39. The Hall–Kier alpha value is -1.88. The van der Waals surface area contributed by atoms with Crippen molar-refractivity contribution in [3.05, 3.63) is 35.9 Å². The molecule has 21 heavy (non-hydrogen) atoms. The summed E-state index contributed by atoms with van der Waals surface area (Å²) in [6.07, 6.45) is 0.973. The molecule has 0 aliphatic carbocycles. The molecule has 1 saturated heterocycles. The maximum absolute atomic E-state index is 12.6. The van der Waals surface area contributed by atoms with Crippen molar-refractivity contribution >= 4 is 11.9 Å². The molecule has 1 heterocycles. The molecule has 1 aromatic rings. The zero-order chi connectivity index (χ0) is 15.5. The molecule has 0 radical (unpaired) electrons. The van der Waals surface area contributed by atoms with Gasteiger partial charge in [-0.15, -0.1) is 0 Å². The highest BCUT2D eigenvalue weighted by molar-refractivity contribution is 5.84. The first kappa shape index (κ1) is 15.5. The Morgan fingerprint density at radius 1 is 1.29 bits per heavy atom. The maximum atomic E-state index is 12.6. The number of carboxylic acid groups (broad SMARTS) is 1. The van der Waals surface area contributed by atoms with Crippen LogP contribution in [0.2, 0.25) is 0 Å². The lowest BCUT2D eigenvalue weighted by Crippen LogP contribution is -2.47. The summed E-state index contributed by atoms with van der Waals surface area (Å²) in [7, 11) is 0. The fraction of sp³-hybridized carbons (Fsp3) is 0.500. The highest BCUT2D eigenvalue weighted by atomic mass is 16.4. The molecule has 1 fully saturated rings. The van der Waals surface area contributed by atoms with E-state index in [9.17, 15) is 14.7 Å². The Morgan fingerprint density at radius 3 is 2.33 bits per heavy atom. The van der Waals surface area contributed by atoms with Gasteiger partial charge in [-0.2, -0.15) is 0 Å². The lowest BCUT2D eigenvalue weighted by Gasteiger charge is -2.37. The summed E-state index contributed by atoms with van der Waals surface area (Å²) in [5, 5.41) is 9.23. The van der Waals surface area contributed by atoms with Gasteiger partial charge in [0, 0.05) is 19.6 Å². The molecule has 2 rings (SSSR count). The van der Waals surface area contributed by atoms with E-state index in [4.69, 9.17) is 5.73 Å². The van der Waals surface area contributed by atoms with Crippen LogP contribution in [0.1, 0.15) is 31.2 Å². The number of nitrogens with zero attached hydrogens (tertiary/aromatic N) is 1. The number of nitrogens with two attached hydrogens (primary N) is 1. The maximum Gasteiger partial charge on any atom is 0.309 e. The summed E-state index contributed by atoms with van der Waals surface area (Å²) in [5.41, 5.74) is 5.97. The molecular weight excluding hydrogens is 268 g/mol. The van der Waals surface area contributed by atoms with Crippen LogP contribution in [0.25, 0.3) is 0 Å². The lowest BCUT2D eigenvalue weighted by molar-refractivity contribution is -0.153. The molecule has 1 unspecified atom stereocenters. The Kier molecular flexibility index (Phi) is 4.63. The third-order valence-electron chi connectivity index (χ3n) is 4.43. The number of hydrogen-bond donors (Lipinski definition) is 2. The lowest BCUT2D eigenvalue weighted by atomic mass is 9.80. The number of carboxylic acids is 1. The van der Waals surface area contributed by atoms with Crippen molar-refractivity contribution in [3.63, 3.8) is 0 Å². The zero-order valence-electron chi connectivity index (χ0n) is 12.3. The van der Waals surface area contributed by atoms with Gasteiger partial charge in [0.2, 0.25) is 5.91 Å². The summed E-state index contributed by atoms with van der Waals surface area (Å²) in [6, 6.07) is 9.49. The molecule has 1 aliphatic heterocycles. The van der Waals surface area contributed by atoms with E-state index < -0.39 is 11.4 Å². The minimum absolute atomic E-state index is 0.00358. The zero-order valence-corrected chi connectivity index (χ0v) is 12.3. The van der Waals surface area contributed by atoms with Crippen molar-refractivity contribution in [1.82, 2.24) is 4.90 Å². The van der Waals surface area contributed by atoms with Crippen molar-refractivity contribution in [2.45, 2.75) is 25.7 Å². The molecule has 0 spiro atoms. The molecule has 0 aromatic heterocycles. The predicted molar refractivity (Wildman–Crippen MR) is 79.8 cm³/mol. The van der Waals surface area contributed by atoms with Gasteiger partial charge >= 0.3 is 5.97 Å². The Bertz CT molecular complexity index is 508. The van der Waals surface area contributed by atoms with Crippen LogP contribution in [0, 0.1) is 5.41 Å². The minimum Gasteiger partial charge on any atom is -0.481 e. The second-order valence-corrected chi connectivity index (χ2v) is 5.89. The number of aliphatic carboxylic acids is 1. The van der Waals surface area contributed by atoms with Gasteiger partial charge in [0.15, 0.2) is 0 Å². The van der Waals surface area contributed by atoms with Gasteiger partial charge in [-0.3, -0.25) is 9.59 Å². The fourth-order valence-corrected chi connectivity index (χ4v) is 2.72. The van der Waals surface area contributed by atoms with E-state index in [1.807, 2.05) is 30.3 Å². The SMILES string of the molecule is CC1(C(=O)O)CCN(C(=O)C(CN)c2ccccc2)CC1. The van der Waals surface area contributed by atoms with E-state index in [-0.39, 0.29) is 18.4 Å². The van der Waals surface area contributed by atoms with E-state index in [1.165, 1.54) is 0 Å². The van der Waals surface area contributed by atoms with Crippen LogP contribution in [0.15, 0.2) is 30.3 Å². The Balaban J connectivity index is 2.06. The van der Waals surface area contributed by atoms with Crippen LogP contribution in [0.4, 0.5) is 0 Å². The molecule has 1 amide bonds. The summed E-state index contributed by atoms with van der Waals surface area (Å²) >= 11 is 0. The van der Waals surface area contributed by atoms with Crippen LogP contribution >= 0.6 is 0 Å². The van der Waals surface area contributed by atoms with Crippen LogP contribution in [0.3, 0.4) is 0 Å². The Labute approximate surface area is 124 Å². The normalized spacial score (nSPS) is 19.0. The monoisotopic (exact) mass is 290 g/mol. The molecular formula is C16H22N2O3. The molecule has 1 atom stereocenters. The third kappa shape index (κ3) is 3.24. The molecule has 114 valence electrons. The largest absolute Gasteiger partial charge is 0.481 e. The minimum atomic E-state index is -0.784. The number of benzene rings is 1. The van der Waals surface area contributed by atoms with Crippen LogP contribution in [-0.4, -0.2) is 41.5 Å². The topological polar surface area (TPSA) is 83.6 Å². The molecule has 0 saturated carbocycles. The van der Waals surface area contributed by atoms with Gasteiger partial charge < -0.3 is 15.7 Å². The summed E-state index contributed by atoms with van der Waals surface area (Å²) in [6.45, 7) is 2.96. The van der Waals surface area contributed by atoms with Gasteiger partial charge in [-0.1, -0.05) is 30.3 Å². The summed E-state index contributed by atoms with van der Waals surface area (Å²) in [4.78, 5) is 25.6. The summed E-state index contributed by atoms with van der Waals surface area (Å²) < 4.78 is 0. The van der Waals surface area contributed by atoms with Gasteiger partial charge in [0.05, 0.1) is 11.3 Å². The molecule has 1 aliphatic rings. The van der Waals surface area contributed by atoms with Gasteiger partial charge in [-0.05, 0) is 25.3 Å². The standard InChI is InChI=1S/C16H22N2O3/c1-16(15(20)21)7-9-18(10-8-16)14(19)13(11-17)12-5-3-2-4-6-12/h2-6,13H,7-11,17H2,1H3,(H,20,21). The van der Waals surface area contributed by atoms with E-state index >= 15 is 0 Å². The smallest absolute Gasteiger partial charge is 0.309 e. The molecule has 5 heteroatoms. The number of piperidine rings is 1. The van der Waals surface area contributed by atoms with Gasteiger partial charge in [0.1, 0.15) is 0 Å². The van der Waals surface area contributed by atoms with Crippen molar-refractivity contribution in [2.24, 2.45) is 11.1 Å². The number of likely N-dealkylation sites (tertiary alicyclic amines) is 1.